The Morgan fingerprint density at radius 2 is 2.00 bits per heavy atom. The Kier molecular flexibility index (Phi) is 4.68. The van der Waals surface area contributed by atoms with Crippen LogP contribution < -0.4 is 5.32 Å². The van der Waals surface area contributed by atoms with Crippen LogP contribution in [-0.4, -0.2) is 47.3 Å². The maximum atomic E-state index is 12.9. The number of aryl methyl sites for hydroxylation is 1. The summed E-state index contributed by atoms with van der Waals surface area (Å²) in [6.45, 7) is 0.517. The number of carbonyl (C=O) groups excluding carboxylic acids is 4. The first-order valence-corrected chi connectivity index (χ1v) is 9.44. The Hall–Kier alpha value is -2.70. The molecular weight excluding hydrogens is 348 g/mol. The van der Waals surface area contributed by atoms with Crippen molar-refractivity contribution in [1.29, 1.82) is 0 Å². The molecule has 1 aliphatic carbocycles. The zero-order valence-corrected chi connectivity index (χ0v) is 15.0. The SMILES string of the molecule is O=C1CC(OC(=O)[C@@H]2CCCN2C(=O)CC2CCc3ccccc32)C(=O)N1. The van der Waals surface area contributed by atoms with Crippen molar-refractivity contribution < 1.29 is 23.9 Å². The second kappa shape index (κ2) is 7.13. The Bertz CT molecular complexity index is 805. The van der Waals surface area contributed by atoms with E-state index in [1.165, 1.54) is 11.1 Å². The molecule has 3 aliphatic rings. The lowest BCUT2D eigenvalue weighted by molar-refractivity contribution is -0.161. The van der Waals surface area contributed by atoms with Gasteiger partial charge < -0.3 is 9.64 Å². The highest BCUT2D eigenvalue weighted by molar-refractivity contribution is 6.05. The predicted molar refractivity (Wildman–Crippen MR) is 94.5 cm³/mol. The van der Waals surface area contributed by atoms with E-state index in [-0.39, 0.29) is 18.2 Å². The van der Waals surface area contributed by atoms with Crippen LogP contribution in [0.25, 0.3) is 0 Å². The van der Waals surface area contributed by atoms with E-state index in [1.54, 1.807) is 4.90 Å². The van der Waals surface area contributed by atoms with Crippen LogP contribution in [0.3, 0.4) is 0 Å². The van der Waals surface area contributed by atoms with Crippen LogP contribution in [0.5, 0.6) is 0 Å². The molecule has 0 saturated carbocycles. The fraction of sp³-hybridized carbons (Fsp3) is 0.500. The van der Waals surface area contributed by atoms with Crippen LogP contribution in [0.2, 0.25) is 0 Å². The third-order valence-corrected chi connectivity index (χ3v) is 5.71. The average molecular weight is 370 g/mol. The van der Waals surface area contributed by atoms with E-state index >= 15 is 0 Å². The van der Waals surface area contributed by atoms with Gasteiger partial charge in [0, 0.05) is 13.0 Å². The molecule has 0 radical (unpaired) electrons. The van der Waals surface area contributed by atoms with Gasteiger partial charge in [-0.15, -0.1) is 0 Å². The number of likely N-dealkylation sites (tertiary alicyclic amines) is 1. The smallest absolute Gasteiger partial charge is 0.329 e. The minimum absolute atomic E-state index is 0.0527. The second-order valence-corrected chi connectivity index (χ2v) is 7.43. The number of nitrogens with one attached hydrogen (secondary N) is 1. The maximum absolute atomic E-state index is 12.9. The fourth-order valence-electron chi connectivity index (χ4n) is 4.34. The summed E-state index contributed by atoms with van der Waals surface area (Å²) in [5.41, 5.74) is 2.52. The van der Waals surface area contributed by atoms with Gasteiger partial charge in [0.2, 0.25) is 11.8 Å². The van der Waals surface area contributed by atoms with Gasteiger partial charge in [0.25, 0.3) is 5.91 Å². The summed E-state index contributed by atoms with van der Waals surface area (Å²) in [5.74, 6) is -1.50. The predicted octanol–water partition coefficient (Wildman–Crippen LogP) is 1.06. The van der Waals surface area contributed by atoms with Crippen molar-refractivity contribution in [2.24, 2.45) is 0 Å². The summed E-state index contributed by atoms with van der Waals surface area (Å²) in [4.78, 5) is 49.8. The lowest BCUT2D eigenvalue weighted by Gasteiger charge is -2.25. The van der Waals surface area contributed by atoms with E-state index in [9.17, 15) is 19.2 Å². The van der Waals surface area contributed by atoms with Gasteiger partial charge in [-0.1, -0.05) is 24.3 Å². The number of esters is 1. The van der Waals surface area contributed by atoms with Crippen molar-refractivity contribution in [1.82, 2.24) is 10.2 Å². The van der Waals surface area contributed by atoms with Gasteiger partial charge in [0.1, 0.15) is 6.04 Å². The molecule has 2 heterocycles. The Morgan fingerprint density at radius 1 is 1.19 bits per heavy atom. The van der Waals surface area contributed by atoms with Gasteiger partial charge >= 0.3 is 5.97 Å². The summed E-state index contributed by atoms with van der Waals surface area (Å²) in [6.07, 6.45) is 2.32. The first-order chi connectivity index (χ1) is 13.0. The molecule has 142 valence electrons. The van der Waals surface area contributed by atoms with Crippen molar-refractivity contribution in [3.05, 3.63) is 35.4 Å². The molecule has 2 saturated heterocycles. The number of hydrogen-bond donors (Lipinski definition) is 1. The number of carbonyl (C=O) groups is 4. The van der Waals surface area contributed by atoms with Crippen LogP contribution in [0.1, 0.15) is 49.1 Å². The van der Waals surface area contributed by atoms with Gasteiger partial charge in [-0.2, -0.15) is 0 Å². The summed E-state index contributed by atoms with van der Waals surface area (Å²) >= 11 is 0. The molecule has 3 amide bonds. The quantitative estimate of drug-likeness (QED) is 0.632. The fourth-order valence-corrected chi connectivity index (χ4v) is 4.34. The number of ether oxygens (including phenoxy) is 1. The highest BCUT2D eigenvalue weighted by atomic mass is 16.6. The van der Waals surface area contributed by atoms with E-state index in [0.29, 0.717) is 19.4 Å². The third-order valence-electron chi connectivity index (χ3n) is 5.71. The van der Waals surface area contributed by atoms with Gasteiger partial charge in [0.05, 0.1) is 6.42 Å². The van der Waals surface area contributed by atoms with Crippen molar-refractivity contribution >= 4 is 23.7 Å². The molecule has 0 bridgehead atoms. The Morgan fingerprint density at radius 3 is 2.78 bits per heavy atom. The Balaban J connectivity index is 1.39. The summed E-state index contributed by atoms with van der Waals surface area (Å²) in [6, 6.07) is 7.51. The second-order valence-electron chi connectivity index (χ2n) is 7.43. The van der Waals surface area contributed by atoms with Gasteiger partial charge in [-0.3, -0.25) is 19.7 Å². The molecule has 2 unspecified atom stereocenters. The minimum atomic E-state index is -1.08. The van der Waals surface area contributed by atoms with Crippen LogP contribution >= 0.6 is 0 Å². The zero-order valence-electron chi connectivity index (χ0n) is 15.0. The van der Waals surface area contributed by atoms with Crippen LogP contribution in [0.15, 0.2) is 24.3 Å². The van der Waals surface area contributed by atoms with E-state index in [4.69, 9.17) is 4.74 Å². The third kappa shape index (κ3) is 3.46. The molecule has 4 rings (SSSR count). The minimum Gasteiger partial charge on any atom is -0.450 e. The molecule has 2 aliphatic heterocycles. The molecule has 7 nitrogen and oxygen atoms in total. The molecule has 0 spiro atoms. The molecule has 7 heteroatoms. The first kappa shape index (κ1) is 17.7. The molecule has 1 aromatic carbocycles. The number of benzene rings is 1. The topological polar surface area (TPSA) is 92.8 Å². The number of amides is 3. The Labute approximate surface area is 157 Å². The normalized spacial score (nSPS) is 26.8. The largest absolute Gasteiger partial charge is 0.450 e. The van der Waals surface area contributed by atoms with Crippen LogP contribution in [0, 0.1) is 0 Å². The number of rotatable bonds is 4. The number of imide groups is 1. The molecule has 3 atom stereocenters. The van der Waals surface area contributed by atoms with Crippen molar-refractivity contribution in [3.8, 4) is 0 Å². The summed E-state index contributed by atoms with van der Waals surface area (Å²) in [5, 5.41) is 2.12. The van der Waals surface area contributed by atoms with E-state index in [0.717, 1.165) is 19.3 Å². The lowest BCUT2D eigenvalue weighted by Crippen LogP contribution is -2.43. The monoisotopic (exact) mass is 370 g/mol. The number of hydrogen-bond acceptors (Lipinski definition) is 5. The van der Waals surface area contributed by atoms with Crippen molar-refractivity contribution in [3.63, 3.8) is 0 Å². The van der Waals surface area contributed by atoms with Gasteiger partial charge in [-0.25, -0.2) is 4.79 Å². The summed E-state index contributed by atoms with van der Waals surface area (Å²) < 4.78 is 5.22. The van der Waals surface area contributed by atoms with Crippen LogP contribution in [0.4, 0.5) is 0 Å². The number of nitrogens with zero attached hydrogens (tertiary/aromatic N) is 1. The lowest BCUT2D eigenvalue weighted by atomic mass is 9.97. The van der Waals surface area contributed by atoms with Crippen LogP contribution in [-0.2, 0) is 30.3 Å². The standard InChI is InChI=1S/C20H22N2O5/c23-17-11-16(19(25)21-17)27-20(26)15-6-3-9-22(15)18(24)10-13-8-7-12-4-1-2-5-14(12)13/h1-2,4-5,13,15-16H,3,6-11H2,(H,21,23,25)/t13?,15-,16?/m0/s1. The molecule has 0 aromatic heterocycles. The van der Waals surface area contributed by atoms with E-state index in [1.807, 2.05) is 12.1 Å². The van der Waals surface area contributed by atoms with Gasteiger partial charge in [0.15, 0.2) is 6.10 Å². The average Bonchev–Trinajstić information content (AvgIpc) is 3.35. The molecule has 1 aromatic rings. The first-order valence-electron chi connectivity index (χ1n) is 9.44. The maximum Gasteiger partial charge on any atom is 0.329 e. The molecular formula is C20H22N2O5. The highest BCUT2D eigenvalue weighted by Crippen LogP contribution is 2.36. The molecule has 1 N–H and O–H groups in total. The van der Waals surface area contributed by atoms with E-state index in [2.05, 4.69) is 17.4 Å². The van der Waals surface area contributed by atoms with Crippen molar-refractivity contribution in [2.45, 2.75) is 56.6 Å². The zero-order chi connectivity index (χ0) is 19.0. The van der Waals surface area contributed by atoms with E-state index < -0.39 is 29.9 Å². The highest BCUT2D eigenvalue weighted by Gasteiger charge is 2.40. The molecule has 27 heavy (non-hydrogen) atoms. The number of fused-ring (bicyclic) bond motifs is 1. The van der Waals surface area contributed by atoms with Gasteiger partial charge in [-0.05, 0) is 42.7 Å². The summed E-state index contributed by atoms with van der Waals surface area (Å²) in [7, 11) is 0. The van der Waals surface area contributed by atoms with Crippen molar-refractivity contribution in [2.75, 3.05) is 6.54 Å². The molecule has 2 fully saturated rings.